The van der Waals surface area contributed by atoms with E-state index in [9.17, 15) is 34.5 Å². The largest absolute Gasteiger partial charge is 0.508 e. The number of H-pyrrole nitrogens is 2. The van der Waals surface area contributed by atoms with Gasteiger partial charge in [-0.25, -0.2) is 9.78 Å². The van der Waals surface area contributed by atoms with Gasteiger partial charge in [0.15, 0.2) is 0 Å². The summed E-state index contributed by atoms with van der Waals surface area (Å²) < 4.78 is 0. The van der Waals surface area contributed by atoms with Gasteiger partial charge in [0.25, 0.3) is 0 Å². The van der Waals surface area contributed by atoms with Crippen molar-refractivity contribution in [3.63, 3.8) is 0 Å². The Hall–Kier alpha value is -6.15. The summed E-state index contributed by atoms with van der Waals surface area (Å²) in [7, 11) is 0. The molecule has 5 rings (SSSR count). The summed E-state index contributed by atoms with van der Waals surface area (Å²) in [6.45, 7) is 0. The lowest BCUT2D eigenvalue weighted by Gasteiger charge is -2.25. The molecule has 0 saturated heterocycles. The third kappa shape index (κ3) is 9.23. The first-order valence-corrected chi connectivity index (χ1v) is 15.5. The van der Waals surface area contributed by atoms with Crippen LogP contribution in [0.5, 0.6) is 11.5 Å². The number of amides is 3. The second-order valence-corrected chi connectivity index (χ2v) is 11.7. The van der Waals surface area contributed by atoms with Crippen molar-refractivity contribution in [3.8, 4) is 11.5 Å². The molecule has 0 aliphatic heterocycles. The molecule has 0 fully saturated rings. The highest BCUT2D eigenvalue weighted by atomic mass is 16.4. The van der Waals surface area contributed by atoms with E-state index in [0.717, 1.165) is 16.5 Å². The molecule has 14 heteroatoms. The van der Waals surface area contributed by atoms with Crippen molar-refractivity contribution in [2.24, 2.45) is 5.73 Å². The number of para-hydroxylation sites is 1. The van der Waals surface area contributed by atoms with Crippen LogP contribution in [-0.2, 0) is 44.9 Å². The fourth-order valence-corrected chi connectivity index (χ4v) is 5.43. The topological polar surface area (TPSA) is 236 Å². The number of hydrogen-bond acceptors (Lipinski definition) is 8. The SMILES string of the molecule is NC(Cc1ccc(O)cc1)C(=O)NC(Cc1c[nH]c2ccccc12)C(=O)NC(Cc1cnc[nH]1)C(=O)NC(Cc1ccc(O)cc1)C(=O)O. The Balaban J connectivity index is 1.37. The monoisotopic (exact) mass is 667 g/mol. The Bertz CT molecular complexity index is 1890. The standard InChI is InChI=1S/C35H37N7O7/c36-27(13-20-5-9-24(43)10-6-20)32(45)40-29(15-22-17-38-28-4-2-1-3-26(22)28)33(46)41-30(16-23-18-37-19-39-23)34(47)42-31(35(48)49)14-21-7-11-25(44)12-8-21/h1-12,17-19,27,29-31,38,43-44H,13-16,36H2,(H,37,39)(H,40,45)(H,41,46)(H,42,47)(H,48,49). The van der Waals surface area contributed by atoms with Gasteiger partial charge in [0.2, 0.25) is 17.7 Å². The summed E-state index contributed by atoms with van der Waals surface area (Å²) in [5, 5.41) is 37.9. The second-order valence-electron chi connectivity index (χ2n) is 11.7. The summed E-state index contributed by atoms with van der Waals surface area (Å²) in [5.74, 6) is -3.28. The summed E-state index contributed by atoms with van der Waals surface area (Å²) in [6, 6.07) is 14.8. The van der Waals surface area contributed by atoms with Crippen LogP contribution < -0.4 is 21.7 Å². The molecule has 10 N–H and O–H groups in total. The molecular weight excluding hydrogens is 630 g/mol. The van der Waals surface area contributed by atoms with Crippen LogP contribution in [0.15, 0.2) is 91.5 Å². The highest BCUT2D eigenvalue weighted by Gasteiger charge is 2.31. The number of carbonyl (C=O) groups excluding carboxylic acids is 3. The molecule has 3 amide bonds. The summed E-state index contributed by atoms with van der Waals surface area (Å²) in [6.07, 6.45) is 4.67. The lowest BCUT2D eigenvalue weighted by molar-refractivity contribution is -0.142. The average Bonchev–Trinajstić information content (AvgIpc) is 3.75. The Morgan fingerprint density at radius 3 is 1.88 bits per heavy atom. The first-order chi connectivity index (χ1) is 23.5. The number of phenols is 2. The molecule has 49 heavy (non-hydrogen) atoms. The first-order valence-electron chi connectivity index (χ1n) is 15.5. The number of aliphatic carboxylic acids is 1. The van der Waals surface area contributed by atoms with Crippen LogP contribution in [0.4, 0.5) is 0 Å². The van der Waals surface area contributed by atoms with Crippen LogP contribution in [0.2, 0.25) is 0 Å². The normalized spacial score (nSPS) is 13.6. The first kappa shape index (κ1) is 34.2. The zero-order valence-electron chi connectivity index (χ0n) is 26.3. The van der Waals surface area contributed by atoms with Gasteiger partial charge < -0.3 is 47.0 Å². The Morgan fingerprint density at radius 1 is 0.694 bits per heavy atom. The number of nitrogens with zero attached hydrogens (tertiary/aromatic N) is 1. The van der Waals surface area contributed by atoms with Crippen molar-refractivity contribution in [3.05, 3.63) is 114 Å². The molecule has 14 nitrogen and oxygen atoms in total. The number of aromatic hydroxyl groups is 2. The molecule has 5 aromatic rings. The number of nitrogens with one attached hydrogen (secondary N) is 5. The van der Waals surface area contributed by atoms with Crippen molar-refractivity contribution < 1.29 is 34.5 Å². The molecule has 0 aliphatic rings. The smallest absolute Gasteiger partial charge is 0.326 e. The maximum Gasteiger partial charge on any atom is 0.326 e. The molecule has 0 spiro atoms. The van der Waals surface area contributed by atoms with Crippen molar-refractivity contribution in [2.75, 3.05) is 0 Å². The van der Waals surface area contributed by atoms with Gasteiger partial charge >= 0.3 is 5.97 Å². The molecule has 3 aromatic carbocycles. The van der Waals surface area contributed by atoms with E-state index in [1.165, 1.54) is 36.8 Å². The van der Waals surface area contributed by atoms with Crippen LogP contribution in [0.1, 0.15) is 22.4 Å². The molecule has 0 radical (unpaired) electrons. The van der Waals surface area contributed by atoms with Crippen LogP contribution in [0.3, 0.4) is 0 Å². The lowest BCUT2D eigenvalue weighted by atomic mass is 10.0. The molecule has 0 bridgehead atoms. The average molecular weight is 668 g/mol. The van der Waals surface area contributed by atoms with Gasteiger partial charge in [0, 0.05) is 48.3 Å². The number of nitrogens with two attached hydrogens (primary N) is 1. The van der Waals surface area contributed by atoms with Gasteiger partial charge in [0.05, 0.1) is 12.4 Å². The van der Waals surface area contributed by atoms with E-state index < -0.39 is 47.9 Å². The number of phenolic OH excluding ortho intramolecular Hbond substituents is 2. The van der Waals surface area contributed by atoms with E-state index in [-0.39, 0.29) is 37.2 Å². The molecule has 4 unspecified atom stereocenters. The van der Waals surface area contributed by atoms with E-state index in [4.69, 9.17) is 5.73 Å². The van der Waals surface area contributed by atoms with Gasteiger partial charge in [-0.1, -0.05) is 42.5 Å². The fourth-order valence-electron chi connectivity index (χ4n) is 5.43. The maximum atomic E-state index is 14.0. The summed E-state index contributed by atoms with van der Waals surface area (Å²) in [5.41, 5.74) is 9.56. The number of carboxylic acid groups (broad SMARTS) is 1. The van der Waals surface area contributed by atoms with E-state index in [2.05, 4.69) is 30.9 Å². The Labute approximate surface area is 280 Å². The number of fused-ring (bicyclic) bond motifs is 1. The number of benzene rings is 3. The predicted octanol–water partition coefficient (Wildman–Crippen LogP) is 1.44. The molecule has 4 atom stereocenters. The van der Waals surface area contributed by atoms with Crippen LogP contribution in [0.25, 0.3) is 10.9 Å². The molecule has 0 saturated carbocycles. The van der Waals surface area contributed by atoms with Crippen molar-refractivity contribution >= 4 is 34.6 Å². The minimum atomic E-state index is -1.35. The van der Waals surface area contributed by atoms with Crippen molar-refractivity contribution in [1.82, 2.24) is 30.9 Å². The van der Waals surface area contributed by atoms with Gasteiger partial charge in [0.1, 0.15) is 29.6 Å². The minimum absolute atomic E-state index is 0.0117. The van der Waals surface area contributed by atoms with E-state index >= 15 is 0 Å². The highest BCUT2D eigenvalue weighted by molar-refractivity contribution is 5.95. The molecule has 0 aliphatic carbocycles. The number of carbonyl (C=O) groups is 4. The van der Waals surface area contributed by atoms with Crippen molar-refractivity contribution in [2.45, 2.75) is 49.9 Å². The molecule has 2 aromatic heterocycles. The third-order valence-electron chi connectivity index (χ3n) is 8.06. The highest BCUT2D eigenvalue weighted by Crippen LogP contribution is 2.20. The maximum absolute atomic E-state index is 14.0. The Kier molecular flexibility index (Phi) is 10.9. The summed E-state index contributed by atoms with van der Waals surface area (Å²) >= 11 is 0. The quantitative estimate of drug-likeness (QED) is 0.0784. The number of aromatic nitrogens is 3. The predicted molar refractivity (Wildman–Crippen MR) is 179 cm³/mol. The van der Waals surface area contributed by atoms with Crippen LogP contribution >= 0.6 is 0 Å². The van der Waals surface area contributed by atoms with Crippen LogP contribution in [0, 0.1) is 0 Å². The van der Waals surface area contributed by atoms with E-state index in [0.29, 0.717) is 16.8 Å². The molecule has 254 valence electrons. The van der Waals surface area contributed by atoms with Gasteiger partial charge in [-0.2, -0.15) is 0 Å². The number of rotatable bonds is 15. The zero-order valence-corrected chi connectivity index (χ0v) is 26.3. The Morgan fingerprint density at radius 2 is 1.27 bits per heavy atom. The zero-order chi connectivity index (χ0) is 34.9. The summed E-state index contributed by atoms with van der Waals surface area (Å²) in [4.78, 5) is 63.2. The van der Waals surface area contributed by atoms with Crippen molar-refractivity contribution in [1.29, 1.82) is 0 Å². The number of imidazole rings is 1. The number of carboxylic acids is 1. The molecule has 2 heterocycles. The van der Waals surface area contributed by atoms with Crippen LogP contribution in [-0.4, -0.2) is 78.1 Å². The lowest BCUT2D eigenvalue weighted by Crippen LogP contribution is -2.58. The fraction of sp³-hybridized carbons (Fsp3) is 0.229. The third-order valence-corrected chi connectivity index (χ3v) is 8.06. The van der Waals surface area contributed by atoms with Gasteiger partial charge in [-0.15, -0.1) is 0 Å². The minimum Gasteiger partial charge on any atom is -0.508 e. The van der Waals surface area contributed by atoms with Gasteiger partial charge in [-0.05, 0) is 53.4 Å². The van der Waals surface area contributed by atoms with E-state index in [1.807, 2.05) is 24.3 Å². The second kappa shape index (κ2) is 15.6. The number of hydrogen-bond donors (Lipinski definition) is 9. The number of aromatic amines is 2. The van der Waals surface area contributed by atoms with E-state index in [1.54, 1.807) is 30.5 Å². The molecular formula is C35H37N7O7. The van der Waals surface area contributed by atoms with Gasteiger partial charge in [-0.3, -0.25) is 14.4 Å².